The quantitative estimate of drug-likeness (QED) is 0.401. The summed E-state index contributed by atoms with van der Waals surface area (Å²) in [5, 5.41) is 20.5. The molecule has 0 unspecified atom stereocenters. The van der Waals surface area contributed by atoms with Gasteiger partial charge in [0.15, 0.2) is 0 Å². The van der Waals surface area contributed by atoms with Crippen LogP contribution in [0.5, 0.6) is 0 Å². The Morgan fingerprint density at radius 3 is 2.21 bits per heavy atom. The van der Waals surface area contributed by atoms with E-state index in [4.69, 9.17) is 0 Å². The number of hydrogen-bond donors (Lipinski definition) is 0. The molecule has 14 heavy (non-hydrogen) atoms. The molecule has 1 aromatic rings. The van der Waals surface area contributed by atoms with Gasteiger partial charge in [-0.2, -0.15) is 23.8 Å². The van der Waals surface area contributed by atoms with Crippen LogP contribution in [0.3, 0.4) is 0 Å². The normalized spacial score (nSPS) is 10.4. The SMILES string of the molecule is O=[N+]([O-])CC(C[N+](=O)[O-])c1cc[cH-]c1. The van der Waals surface area contributed by atoms with Crippen molar-refractivity contribution in [1.29, 1.82) is 0 Å². The summed E-state index contributed by atoms with van der Waals surface area (Å²) in [4.78, 5) is 19.5. The van der Waals surface area contributed by atoms with Gasteiger partial charge in [-0.1, -0.05) is 0 Å². The zero-order chi connectivity index (χ0) is 10.6. The van der Waals surface area contributed by atoms with E-state index in [1.54, 1.807) is 24.3 Å². The molecular formula is C8H9N2O4-. The van der Waals surface area contributed by atoms with Gasteiger partial charge < -0.3 is 0 Å². The van der Waals surface area contributed by atoms with Crippen molar-refractivity contribution in [1.82, 2.24) is 0 Å². The van der Waals surface area contributed by atoms with Crippen molar-refractivity contribution in [2.75, 3.05) is 13.1 Å². The molecule has 76 valence electrons. The molecule has 0 amide bonds. The maximum atomic E-state index is 10.3. The van der Waals surface area contributed by atoms with Gasteiger partial charge in [0.1, 0.15) is 0 Å². The first kappa shape index (κ1) is 10.2. The lowest BCUT2D eigenvalue weighted by Crippen LogP contribution is -2.20. The molecule has 6 nitrogen and oxygen atoms in total. The summed E-state index contributed by atoms with van der Waals surface area (Å²) in [5.74, 6) is -0.630. The fraction of sp³-hybridized carbons (Fsp3) is 0.375. The van der Waals surface area contributed by atoms with Crippen molar-refractivity contribution in [2.45, 2.75) is 5.92 Å². The minimum Gasteiger partial charge on any atom is -0.265 e. The third-order valence-corrected chi connectivity index (χ3v) is 1.90. The van der Waals surface area contributed by atoms with Crippen LogP contribution in [-0.4, -0.2) is 22.9 Å². The summed E-state index contributed by atoms with van der Waals surface area (Å²) < 4.78 is 0. The molecule has 0 heterocycles. The third kappa shape index (κ3) is 2.89. The maximum Gasteiger partial charge on any atom is 0.205 e. The van der Waals surface area contributed by atoms with Crippen LogP contribution in [0.2, 0.25) is 0 Å². The second-order valence-corrected chi connectivity index (χ2v) is 2.95. The Labute approximate surface area is 79.8 Å². The molecule has 6 heteroatoms. The Bertz CT molecular complexity index is 304. The van der Waals surface area contributed by atoms with E-state index in [-0.39, 0.29) is 0 Å². The summed E-state index contributed by atoms with van der Waals surface area (Å²) in [7, 11) is 0. The van der Waals surface area contributed by atoms with Gasteiger partial charge in [0.2, 0.25) is 13.1 Å². The molecule has 1 rings (SSSR count). The highest BCUT2D eigenvalue weighted by Crippen LogP contribution is 2.16. The first-order valence-corrected chi connectivity index (χ1v) is 4.05. The van der Waals surface area contributed by atoms with Crippen LogP contribution in [0.1, 0.15) is 11.5 Å². The lowest BCUT2D eigenvalue weighted by atomic mass is 10.0. The van der Waals surface area contributed by atoms with E-state index < -0.39 is 28.9 Å². The van der Waals surface area contributed by atoms with Gasteiger partial charge >= 0.3 is 0 Å². The van der Waals surface area contributed by atoms with Crippen LogP contribution in [0.4, 0.5) is 0 Å². The molecule has 0 aliphatic rings. The van der Waals surface area contributed by atoms with Crippen LogP contribution >= 0.6 is 0 Å². The lowest BCUT2D eigenvalue weighted by Gasteiger charge is -2.11. The second-order valence-electron chi connectivity index (χ2n) is 2.95. The number of nitro groups is 2. The molecule has 0 saturated heterocycles. The van der Waals surface area contributed by atoms with Crippen molar-refractivity contribution in [2.24, 2.45) is 0 Å². The summed E-state index contributed by atoms with van der Waals surface area (Å²) in [6.07, 6.45) is 0. The van der Waals surface area contributed by atoms with Gasteiger partial charge in [-0.15, -0.1) is 0 Å². The molecule has 0 bridgehead atoms. The van der Waals surface area contributed by atoms with Gasteiger partial charge in [-0.3, -0.25) is 20.2 Å². The Balaban J connectivity index is 2.71. The largest absolute Gasteiger partial charge is 0.265 e. The monoisotopic (exact) mass is 197 g/mol. The fourth-order valence-electron chi connectivity index (χ4n) is 1.29. The van der Waals surface area contributed by atoms with E-state index >= 15 is 0 Å². The molecule has 0 N–H and O–H groups in total. The van der Waals surface area contributed by atoms with E-state index in [9.17, 15) is 20.2 Å². The predicted molar refractivity (Wildman–Crippen MR) is 48.5 cm³/mol. The smallest absolute Gasteiger partial charge is 0.205 e. The Morgan fingerprint density at radius 2 is 1.86 bits per heavy atom. The van der Waals surface area contributed by atoms with E-state index in [0.717, 1.165) is 0 Å². The van der Waals surface area contributed by atoms with Crippen molar-refractivity contribution in [3.63, 3.8) is 0 Å². The van der Waals surface area contributed by atoms with Crippen LogP contribution in [0.25, 0.3) is 0 Å². The zero-order valence-corrected chi connectivity index (χ0v) is 7.33. The van der Waals surface area contributed by atoms with E-state index in [1.807, 2.05) is 0 Å². The Hall–Kier alpha value is -1.85. The Kier molecular flexibility index (Phi) is 3.22. The number of hydrogen-bond acceptors (Lipinski definition) is 4. The third-order valence-electron chi connectivity index (χ3n) is 1.90. The summed E-state index contributed by atoms with van der Waals surface area (Å²) in [6, 6.07) is 6.75. The molecule has 0 saturated carbocycles. The molecule has 0 aromatic heterocycles. The first-order valence-electron chi connectivity index (χ1n) is 4.05. The van der Waals surface area contributed by atoms with Gasteiger partial charge in [-0.25, -0.2) is 6.07 Å². The lowest BCUT2D eigenvalue weighted by molar-refractivity contribution is -0.516. The molecule has 0 aliphatic carbocycles. The molecule has 1 aromatic carbocycles. The minimum atomic E-state index is -0.630. The highest BCUT2D eigenvalue weighted by molar-refractivity contribution is 5.20. The van der Waals surface area contributed by atoms with Crippen molar-refractivity contribution in [3.05, 3.63) is 50.1 Å². The van der Waals surface area contributed by atoms with Gasteiger partial charge in [0.05, 0.1) is 5.92 Å². The number of rotatable bonds is 5. The molecule has 0 fully saturated rings. The molecular weight excluding hydrogens is 188 g/mol. The summed E-state index contributed by atoms with van der Waals surface area (Å²) >= 11 is 0. The highest BCUT2D eigenvalue weighted by atomic mass is 16.6. The topological polar surface area (TPSA) is 86.3 Å². The predicted octanol–water partition coefficient (Wildman–Crippen LogP) is 1.04. The average Bonchev–Trinajstić information content (AvgIpc) is 2.52. The standard InChI is InChI=1S/C8H9N2O4/c11-9(12)5-8(6-10(13)14)7-3-1-2-4-7/h1-4,8H,5-6H2/q-1. The average molecular weight is 197 g/mol. The highest BCUT2D eigenvalue weighted by Gasteiger charge is 2.18. The first-order chi connectivity index (χ1) is 6.59. The van der Waals surface area contributed by atoms with Crippen LogP contribution in [-0.2, 0) is 0 Å². The molecule has 0 spiro atoms. The number of nitrogens with zero attached hydrogens (tertiary/aromatic N) is 2. The van der Waals surface area contributed by atoms with Crippen LogP contribution in [0, 0.1) is 20.2 Å². The fourth-order valence-corrected chi connectivity index (χ4v) is 1.29. The second kappa shape index (κ2) is 4.40. The van der Waals surface area contributed by atoms with Gasteiger partial charge in [0, 0.05) is 9.85 Å². The molecule has 0 atom stereocenters. The van der Waals surface area contributed by atoms with Crippen molar-refractivity contribution >= 4 is 0 Å². The maximum absolute atomic E-state index is 10.3. The summed E-state index contributed by atoms with van der Waals surface area (Å²) in [6.45, 7) is -0.796. The minimum absolute atomic E-state index is 0.398. The molecule has 0 aliphatic heterocycles. The van der Waals surface area contributed by atoms with E-state index in [0.29, 0.717) is 5.56 Å². The summed E-state index contributed by atoms with van der Waals surface area (Å²) in [5.41, 5.74) is 0.651. The van der Waals surface area contributed by atoms with Crippen LogP contribution in [0.15, 0.2) is 24.3 Å². The van der Waals surface area contributed by atoms with Crippen molar-refractivity contribution in [3.8, 4) is 0 Å². The van der Waals surface area contributed by atoms with Crippen molar-refractivity contribution < 1.29 is 9.85 Å². The van der Waals surface area contributed by atoms with Gasteiger partial charge in [-0.05, 0) is 0 Å². The van der Waals surface area contributed by atoms with E-state index in [1.165, 1.54) is 0 Å². The van der Waals surface area contributed by atoms with E-state index in [2.05, 4.69) is 0 Å². The van der Waals surface area contributed by atoms with Crippen LogP contribution < -0.4 is 0 Å². The zero-order valence-electron chi connectivity index (χ0n) is 7.33. The van der Waals surface area contributed by atoms with Gasteiger partial charge in [0.25, 0.3) is 0 Å². The Morgan fingerprint density at radius 1 is 1.29 bits per heavy atom. The molecule has 0 radical (unpaired) electrons.